The third-order valence-electron chi connectivity index (χ3n) is 2.89. The van der Waals surface area contributed by atoms with Crippen molar-refractivity contribution in [2.24, 2.45) is 17.1 Å². The molecule has 0 bridgehead atoms. The number of hydrogen-bond donors (Lipinski definition) is 2. The van der Waals surface area contributed by atoms with Crippen LogP contribution in [0, 0.1) is 11.3 Å². The van der Waals surface area contributed by atoms with Gasteiger partial charge in [0, 0.05) is 6.54 Å². The van der Waals surface area contributed by atoms with Crippen LogP contribution in [0.1, 0.15) is 33.6 Å². The number of nitrogens with one attached hydrogen (secondary N) is 1. The minimum absolute atomic E-state index is 0.00625. The van der Waals surface area contributed by atoms with Crippen molar-refractivity contribution in [3.05, 3.63) is 0 Å². The van der Waals surface area contributed by atoms with Crippen LogP contribution in [0.4, 0.5) is 0 Å². The van der Waals surface area contributed by atoms with Gasteiger partial charge in [0.05, 0.1) is 6.04 Å². The second-order valence-electron chi connectivity index (χ2n) is 4.98. The Morgan fingerprint density at radius 3 is 2.62 bits per heavy atom. The summed E-state index contributed by atoms with van der Waals surface area (Å²) >= 11 is 0. The molecule has 3 nitrogen and oxygen atoms in total. The predicted molar refractivity (Wildman–Crippen MR) is 53.2 cm³/mol. The molecular formula is C10H20N2O. The third kappa shape index (κ3) is 2.69. The molecule has 0 saturated carbocycles. The van der Waals surface area contributed by atoms with Crippen LogP contribution in [0.2, 0.25) is 0 Å². The fourth-order valence-electron chi connectivity index (χ4n) is 1.82. The zero-order valence-electron chi connectivity index (χ0n) is 8.76. The highest BCUT2D eigenvalue weighted by atomic mass is 16.2. The van der Waals surface area contributed by atoms with Crippen molar-refractivity contribution in [2.75, 3.05) is 6.54 Å². The Morgan fingerprint density at radius 2 is 2.08 bits per heavy atom. The molecule has 13 heavy (non-hydrogen) atoms. The SMILES string of the molecule is CC(C)(C)C1CCNC(=O)C(N)C1. The van der Waals surface area contributed by atoms with E-state index in [0.29, 0.717) is 5.92 Å². The minimum Gasteiger partial charge on any atom is -0.355 e. The van der Waals surface area contributed by atoms with Gasteiger partial charge in [-0.05, 0) is 24.2 Å². The van der Waals surface area contributed by atoms with E-state index in [9.17, 15) is 4.79 Å². The number of rotatable bonds is 0. The lowest BCUT2D eigenvalue weighted by Gasteiger charge is -2.30. The second kappa shape index (κ2) is 3.66. The van der Waals surface area contributed by atoms with E-state index in [0.717, 1.165) is 19.4 Å². The number of carbonyl (C=O) groups excluding carboxylic acids is 1. The molecule has 0 aliphatic carbocycles. The van der Waals surface area contributed by atoms with Crippen molar-refractivity contribution in [3.63, 3.8) is 0 Å². The van der Waals surface area contributed by atoms with Gasteiger partial charge in [0.2, 0.25) is 5.91 Å². The summed E-state index contributed by atoms with van der Waals surface area (Å²) in [4.78, 5) is 11.3. The molecule has 0 aromatic heterocycles. The van der Waals surface area contributed by atoms with Gasteiger partial charge in [-0.15, -0.1) is 0 Å². The molecule has 1 saturated heterocycles. The maximum atomic E-state index is 11.3. The maximum Gasteiger partial charge on any atom is 0.236 e. The summed E-state index contributed by atoms with van der Waals surface area (Å²) in [5, 5.41) is 2.83. The van der Waals surface area contributed by atoms with Crippen LogP contribution in [0.15, 0.2) is 0 Å². The zero-order valence-corrected chi connectivity index (χ0v) is 8.76. The average Bonchev–Trinajstić information content (AvgIpc) is 2.13. The van der Waals surface area contributed by atoms with Gasteiger partial charge in [-0.3, -0.25) is 4.79 Å². The van der Waals surface area contributed by atoms with Crippen molar-refractivity contribution in [2.45, 2.75) is 39.7 Å². The number of carbonyl (C=O) groups is 1. The minimum atomic E-state index is -0.313. The van der Waals surface area contributed by atoms with Gasteiger partial charge < -0.3 is 11.1 Å². The molecule has 0 aromatic carbocycles. The molecule has 2 atom stereocenters. The standard InChI is InChI=1S/C10H20N2O/c1-10(2,3)7-4-5-12-9(13)8(11)6-7/h7-8H,4-6,11H2,1-3H3,(H,12,13). The summed E-state index contributed by atoms with van der Waals surface area (Å²) in [7, 11) is 0. The lowest BCUT2D eigenvalue weighted by atomic mass is 9.76. The van der Waals surface area contributed by atoms with E-state index in [4.69, 9.17) is 5.73 Å². The highest BCUT2D eigenvalue weighted by molar-refractivity contribution is 5.81. The highest BCUT2D eigenvalue weighted by Crippen LogP contribution is 2.32. The maximum absolute atomic E-state index is 11.3. The van der Waals surface area contributed by atoms with Gasteiger partial charge in [-0.1, -0.05) is 20.8 Å². The molecule has 2 unspecified atom stereocenters. The predicted octanol–water partition coefficient (Wildman–Crippen LogP) is 0.886. The Hall–Kier alpha value is -0.570. The van der Waals surface area contributed by atoms with Gasteiger partial charge >= 0.3 is 0 Å². The molecular weight excluding hydrogens is 164 g/mol. The Bertz CT molecular complexity index is 196. The first-order chi connectivity index (χ1) is 5.91. The third-order valence-corrected chi connectivity index (χ3v) is 2.89. The first-order valence-corrected chi connectivity index (χ1v) is 4.94. The van der Waals surface area contributed by atoms with Crippen LogP contribution in [0.3, 0.4) is 0 Å². The fourth-order valence-corrected chi connectivity index (χ4v) is 1.82. The van der Waals surface area contributed by atoms with E-state index in [-0.39, 0.29) is 17.4 Å². The lowest BCUT2D eigenvalue weighted by molar-refractivity contribution is -0.122. The van der Waals surface area contributed by atoms with Crippen molar-refractivity contribution < 1.29 is 4.79 Å². The van der Waals surface area contributed by atoms with Gasteiger partial charge in [0.15, 0.2) is 0 Å². The topological polar surface area (TPSA) is 55.1 Å². The zero-order chi connectivity index (χ0) is 10.1. The van der Waals surface area contributed by atoms with Crippen LogP contribution in [0.5, 0.6) is 0 Å². The van der Waals surface area contributed by atoms with E-state index in [1.54, 1.807) is 0 Å². The first kappa shape index (κ1) is 10.5. The summed E-state index contributed by atoms with van der Waals surface area (Å²) in [6, 6.07) is -0.313. The van der Waals surface area contributed by atoms with E-state index >= 15 is 0 Å². The Balaban J connectivity index is 2.64. The van der Waals surface area contributed by atoms with Crippen molar-refractivity contribution in [3.8, 4) is 0 Å². The van der Waals surface area contributed by atoms with Crippen molar-refractivity contribution >= 4 is 5.91 Å². The van der Waals surface area contributed by atoms with Gasteiger partial charge in [-0.2, -0.15) is 0 Å². The van der Waals surface area contributed by atoms with E-state index in [1.165, 1.54) is 0 Å². The number of amides is 1. The van der Waals surface area contributed by atoms with Gasteiger partial charge in [0.1, 0.15) is 0 Å². The molecule has 1 aliphatic rings. The van der Waals surface area contributed by atoms with Crippen molar-refractivity contribution in [1.29, 1.82) is 0 Å². The molecule has 3 N–H and O–H groups in total. The summed E-state index contributed by atoms with van der Waals surface area (Å²) in [6.45, 7) is 7.40. The van der Waals surface area contributed by atoms with E-state index in [2.05, 4.69) is 26.1 Å². The molecule has 1 aliphatic heterocycles. The van der Waals surface area contributed by atoms with Crippen molar-refractivity contribution in [1.82, 2.24) is 5.32 Å². The quantitative estimate of drug-likeness (QED) is 0.587. The van der Waals surface area contributed by atoms with Crippen LogP contribution < -0.4 is 11.1 Å². The lowest BCUT2D eigenvalue weighted by Crippen LogP contribution is -2.39. The van der Waals surface area contributed by atoms with E-state index in [1.807, 2.05) is 0 Å². The monoisotopic (exact) mass is 184 g/mol. The molecule has 3 heteroatoms. The van der Waals surface area contributed by atoms with Crippen LogP contribution in [-0.4, -0.2) is 18.5 Å². The Morgan fingerprint density at radius 1 is 1.46 bits per heavy atom. The van der Waals surface area contributed by atoms with Crippen LogP contribution >= 0.6 is 0 Å². The molecule has 0 aromatic rings. The molecule has 76 valence electrons. The summed E-state index contributed by atoms with van der Waals surface area (Å²) in [5.74, 6) is 0.549. The van der Waals surface area contributed by atoms with Gasteiger partial charge in [0.25, 0.3) is 0 Å². The fraction of sp³-hybridized carbons (Fsp3) is 0.900. The smallest absolute Gasteiger partial charge is 0.236 e. The second-order valence-corrected chi connectivity index (χ2v) is 4.98. The molecule has 1 heterocycles. The Kier molecular flexibility index (Phi) is 2.96. The summed E-state index contributed by atoms with van der Waals surface area (Å²) in [6.07, 6.45) is 1.86. The molecule has 1 amide bonds. The van der Waals surface area contributed by atoms with Gasteiger partial charge in [-0.25, -0.2) is 0 Å². The molecule has 1 fully saturated rings. The number of hydrogen-bond acceptors (Lipinski definition) is 2. The average molecular weight is 184 g/mol. The Labute approximate surface area is 80.1 Å². The molecule has 0 radical (unpaired) electrons. The summed E-state index contributed by atoms with van der Waals surface area (Å²) < 4.78 is 0. The highest BCUT2D eigenvalue weighted by Gasteiger charge is 2.30. The van der Waals surface area contributed by atoms with Crippen LogP contribution in [0.25, 0.3) is 0 Å². The largest absolute Gasteiger partial charge is 0.355 e. The molecule has 0 spiro atoms. The number of nitrogens with two attached hydrogens (primary N) is 1. The summed E-state index contributed by atoms with van der Waals surface area (Å²) in [5.41, 5.74) is 6.01. The van der Waals surface area contributed by atoms with Crippen LogP contribution in [-0.2, 0) is 4.79 Å². The molecule has 1 rings (SSSR count). The first-order valence-electron chi connectivity index (χ1n) is 4.94. The van der Waals surface area contributed by atoms with E-state index < -0.39 is 0 Å². The normalized spacial score (nSPS) is 30.9.